The lowest BCUT2D eigenvalue weighted by Gasteiger charge is -2.05. The average Bonchev–Trinajstić information content (AvgIpc) is 2.29. The smallest absolute Gasteiger partial charge is 0.135 e. The molecule has 0 bridgehead atoms. The van der Waals surface area contributed by atoms with E-state index >= 15 is 0 Å². The van der Waals surface area contributed by atoms with Gasteiger partial charge in [0.2, 0.25) is 0 Å². The number of hydrogen-bond acceptors (Lipinski definition) is 2. The van der Waals surface area contributed by atoms with Gasteiger partial charge in [0.25, 0.3) is 0 Å². The summed E-state index contributed by atoms with van der Waals surface area (Å²) in [6.07, 6.45) is 7.18. The third-order valence-electron chi connectivity index (χ3n) is 3.26. The summed E-state index contributed by atoms with van der Waals surface area (Å²) in [5.41, 5.74) is 0. The predicted molar refractivity (Wildman–Crippen MR) is 76.6 cm³/mol. The van der Waals surface area contributed by atoms with E-state index in [-0.39, 0.29) is 5.92 Å². The van der Waals surface area contributed by atoms with Crippen LogP contribution in [0, 0.1) is 11.8 Å². The van der Waals surface area contributed by atoms with E-state index in [4.69, 9.17) is 0 Å². The Morgan fingerprint density at radius 2 is 1.28 bits per heavy atom. The third kappa shape index (κ3) is 10.5. The van der Waals surface area contributed by atoms with Crippen molar-refractivity contribution in [1.29, 1.82) is 0 Å². The summed E-state index contributed by atoms with van der Waals surface area (Å²) in [6.45, 7) is 8.30. The number of rotatable bonds is 11. The second kappa shape index (κ2) is 10.3. The van der Waals surface area contributed by atoms with Gasteiger partial charge in [-0.1, -0.05) is 40.5 Å². The minimum absolute atomic E-state index is 0.136. The van der Waals surface area contributed by atoms with Gasteiger partial charge < -0.3 is 0 Å². The fourth-order valence-corrected chi connectivity index (χ4v) is 1.91. The Morgan fingerprint density at radius 3 is 1.78 bits per heavy atom. The second-order valence-corrected chi connectivity index (χ2v) is 6.01. The SMILES string of the molecule is CC(C)CCCCC(=O)CCCCC(=O)C(C)C. The summed E-state index contributed by atoms with van der Waals surface area (Å²) in [4.78, 5) is 23.0. The zero-order valence-electron chi connectivity index (χ0n) is 12.6. The van der Waals surface area contributed by atoms with Crippen LogP contribution in [0.3, 0.4) is 0 Å². The fraction of sp³-hybridized carbons (Fsp3) is 0.875. The van der Waals surface area contributed by atoms with E-state index in [1.165, 1.54) is 6.42 Å². The highest BCUT2D eigenvalue weighted by atomic mass is 16.1. The van der Waals surface area contributed by atoms with Gasteiger partial charge >= 0.3 is 0 Å². The van der Waals surface area contributed by atoms with Crippen LogP contribution in [0.5, 0.6) is 0 Å². The van der Waals surface area contributed by atoms with Crippen LogP contribution < -0.4 is 0 Å². The molecule has 0 aliphatic heterocycles. The lowest BCUT2D eigenvalue weighted by atomic mass is 10.00. The van der Waals surface area contributed by atoms with E-state index in [9.17, 15) is 9.59 Å². The van der Waals surface area contributed by atoms with E-state index in [1.807, 2.05) is 13.8 Å². The third-order valence-corrected chi connectivity index (χ3v) is 3.26. The van der Waals surface area contributed by atoms with Gasteiger partial charge in [0.15, 0.2) is 0 Å². The number of hydrogen-bond donors (Lipinski definition) is 0. The van der Waals surface area contributed by atoms with E-state index in [2.05, 4.69) is 13.8 Å². The van der Waals surface area contributed by atoms with E-state index in [0.717, 1.165) is 38.0 Å². The molecular formula is C16H30O2. The van der Waals surface area contributed by atoms with Gasteiger partial charge in [-0.3, -0.25) is 9.59 Å². The normalized spacial score (nSPS) is 11.2. The zero-order valence-corrected chi connectivity index (χ0v) is 12.6. The van der Waals surface area contributed by atoms with E-state index in [1.54, 1.807) is 0 Å². The number of Topliss-reactive ketones (excluding diaryl/α,β-unsaturated/α-hetero) is 2. The van der Waals surface area contributed by atoms with Gasteiger partial charge in [0.1, 0.15) is 11.6 Å². The highest BCUT2D eigenvalue weighted by Crippen LogP contribution is 2.11. The summed E-state index contributed by atoms with van der Waals surface area (Å²) in [5, 5.41) is 0. The first-order valence-electron chi connectivity index (χ1n) is 7.48. The van der Waals surface area contributed by atoms with Crippen LogP contribution in [-0.2, 0) is 9.59 Å². The molecule has 0 N–H and O–H groups in total. The molecule has 0 rings (SSSR count). The average molecular weight is 254 g/mol. The Morgan fingerprint density at radius 1 is 0.778 bits per heavy atom. The van der Waals surface area contributed by atoms with Crippen LogP contribution in [-0.4, -0.2) is 11.6 Å². The summed E-state index contributed by atoms with van der Waals surface area (Å²) >= 11 is 0. The maximum absolute atomic E-state index is 11.6. The van der Waals surface area contributed by atoms with Crippen molar-refractivity contribution in [2.75, 3.05) is 0 Å². The van der Waals surface area contributed by atoms with Crippen LogP contribution in [0.25, 0.3) is 0 Å². The molecule has 0 aliphatic carbocycles. The first kappa shape index (κ1) is 17.3. The van der Waals surface area contributed by atoms with E-state index in [0.29, 0.717) is 24.4 Å². The minimum Gasteiger partial charge on any atom is -0.300 e. The van der Waals surface area contributed by atoms with Gasteiger partial charge in [-0.05, 0) is 25.2 Å². The van der Waals surface area contributed by atoms with Gasteiger partial charge in [-0.25, -0.2) is 0 Å². The Balaban J connectivity index is 3.40. The molecule has 0 heterocycles. The molecular weight excluding hydrogens is 224 g/mol. The lowest BCUT2D eigenvalue weighted by Crippen LogP contribution is -2.06. The predicted octanol–water partition coefficient (Wildman–Crippen LogP) is 4.56. The van der Waals surface area contributed by atoms with Gasteiger partial charge in [0.05, 0.1) is 0 Å². The largest absolute Gasteiger partial charge is 0.300 e. The first-order valence-corrected chi connectivity index (χ1v) is 7.48. The van der Waals surface area contributed by atoms with Crippen molar-refractivity contribution in [3.63, 3.8) is 0 Å². The maximum atomic E-state index is 11.6. The van der Waals surface area contributed by atoms with E-state index < -0.39 is 0 Å². The standard InChI is InChI=1S/C16H30O2/c1-13(2)9-5-6-10-15(17)11-7-8-12-16(18)14(3)4/h13-14H,5-12H2,1-4H3. The van der Waals surface area contributed by atoms with Crippen molar-refractivity contribution in [2.45, 2.75) is 79.1 Å². The van der Waals surface area contributed by atoms with Gasteiger partial charge in [-0.2, -0.15) is 0 Å². The topological polar surface area (TPSA) is 34.1 Å². The molecule has 0 amide bonds. The Bertz CT molecular complexity index is 241. The van der Waals surface area contributed by atoms with Gasteiger partial charge in [0, 0.05) is 25.2 Å². The van der Waals surface area contributed by atoms with Gasteiger partial charge in [-0.15, -0.1) is 0 Å². The van der Waals surface area contributed by atoms with Crippen LogP contribution in [0.4, 0.5) is 0 Å². The molecule has 0 saturated heterocycles. The summed E-state index contributed by atoms with van der Waals surface area (Å²) in [6, 6.07) is 0. The molecule has 106 valence electrons. The Hall–Kier alpha value is -0.660. The molecule has 0 aromatic rings. The van der Waals surface area contributed by atoms with Crippen molar-refractivity contribution < 1.29 is 9.59 Å². The molecule has 0 unspecified atom stereocenters. The summed E-state index contributed by atoms with van der Waals surface area (Å²) in [7, 11) is 0. The molecule has 0 aromatic carbocycles. The van der Waals surface area contributed by atoms with Crippen LogP contribution in [0.2, 0.25) is 0 Å². The second-order valence-electron chi connectivity index (χ2n) is 6.01. The Labute approximate surface area is 113 Å². The number of unbranched alkanes of at least 4 members (excludes halogenated alkanes) is 2. The fourth-order valence-electron chi connectivity index (χ4n) is 1.91. The molecule has 0 spiro atoms. The molecule has 0 aliphatic rings. The maximum Gasteiger partial charge on any atom is 0.135 e. The van der Waals surface area contributed by atoms with Crippen LogP contribution >= 0.6 is 0 Å². The molecule has 2 nitrogen and oxygen atoms in total. The summed E-state index contributed by atoms with van der Waals surface area (Å²) in [5.74, 6) is 1.56. The Kier molecular flexibility index (Phi) is 9.90. The summed E-state index contributed by atoms with van der Waals surface area (Å²) < 4.78 is 0. The van der Waals surface area contributed by atoms with Crippen LogP contribution in [0.1, 0.15) is 79.1 Å². The molecule has 0 fully saturated rings. The molecule has 2 heteroatoms. The highest BCUT2D eigenvalue weighted by molar-refractivity contribution is 5.80. The quantitative estimate of drug-likeness (QED) is 0.507. The number of carbonyl (C=O) groups excluding carboxylic acids is 2. The molecule has 0 atom stereocenters. The monoisotopic (exact) mass is 254 g/mol. The molecule has 0 aromatic heterocycles. The number of ketones is 2. The van der Waals surface area contributed by atoms with Crippen molar-refractivity contribution in [3.8, 4) is 0 Å². The lowest BCUT2D eigenvalue weighted by molar-refractivity contribution is -0.122. The molecule has 0 radical (unpaired) electrons. The van der Waals surface area contributed by atoms with Crippen molar-refractivity contribution in [2.24, 2.45) is 11.8 Å². The molecule has 0 saturated carbocycles. The number of carbonyl (C=O) groups is 2. The molecule has 18 heavy (non-hydrogen) atoms. The zero-order chi connectivity index (χ0) is 14.0. The van der Waals surface area contributed by atoms with Crippen LogP contribution in [0.15, 0.2) is 0 Å². The van der Waals surface area contributed by atoms with Crippen molar-refractivity contribution in [1.82, 2.24) is 0 Å². The highest BCUT2D eigenvalue weighted by Gasteiger charge is 2.07. The van der Waals surface area contributed by atoms with Crippen molar-refractivity contribution in [3.05, 3.63) is 0 Å². The minimum atomic E-state index is 0.136. The van der Waals surface area contributed by atoms with Crippen molar-refractivity contribution >= 4 is 11.6 Å². The first-order chi connectivity index (χ1) is 8.43.